The highest BCUT2D eigenvalue weighted by Gasteiger charge is 2.43. The van der Waals surface area contributed by atoms with E-state index in [1.54, 1.807) is 0 Å². The number of aromatic nitrogens is 1. The summed E-state index contributed by atoms with van der Waals surface area (Å²) in [6.07, 6.45) is 1.82. The lowest BCUT2D eigenvalue weighted by Gasteiger charge is -2.32. The van der Waals surface area contributed by atoms with Gasteiger partial charge in [0.15, 0.2) is 0 Å². The molecule has 6 nitrogen and oxygen atoms in total. The molecule has 1 atom stereocenters. The molecule has 1 unspecified atom stereocenters. The number of rotatable bonds is 7. The maximum absolute atomic E-state index is 12.2. The van der Waals surface area contributed by atoms with Gasteiger partial charge in [0.25, 0.3) is 0 Å². The van der Waals surface area contributed by atoms with Gasteiger partial charge in [-0.2, -0.15) is 0 Å². The Morgan fingerprint density at radius 2 is 1.90 bits per heavy atom. The third-order valence-electron chi connectivity index (χ3n) is 6.00. The summed E-state index contributed by atoms with van der Waals surface area (Å²) >= 11 is 0. The number of oxazole rings is 1. The van der Waals surface area contributed by atoms with E-state index in [0.29, 0.717) is 19.0 Å². The molecule has 1 fully saturated rings. The van der Waals surface area contributed by atoms with Gasteiger partial charge in [0.05, 0.1) is 7.11 Å². The van der Waals surface area contributed by atoms with Crippen LogP contribution in [0.15, 0.2) is 59.0 Å². The molecule has 0 spiro atoms. The van der Waals surface area contributed by atoms with E-state index in [1.165, 1.54) is 7.11 Å². The summed E-state index contributed by atoms with van der Waals surface area (Å²) < 4.78 is 16.8. The minimum Gasteiger partial charge on any atom is -0.487 e. The first kappa shape index (κ1) is 21.1. The highest BCUT2D eigenvalue weighted by Crippen LogP contribution is 2.32. The first-order valence-electron chi connectivity index (χ1n) is 10.6. The molecule has 1 aliphatic rings. The number of carbonyl (C=O) groups excluding carboxylic acids is 1. The molecule has 0 saturated carbocycles. The second-order valence-corrected chi connectivity index (χ2v) is 8.11. The zero-order valence-corrected chi connectivity index (χ0v) is 18.3. The summed E-state index contributed by atoms with van der Waals surface area (Å²) in [6, 6.07) is 17.8. The number of aryl methyl sites for hydroxylation is 1. The molecule has 1 saturated heterocycles. The molecule has 0 N–H and O–H groups in total. The molecule has 6 heteroatoms. The van der Waals surface area contributed by atoms with Gasteiger partial charge in [0.1, 0.15) is 29.3 Å². The van der Waals surface area contributed by atoms with Crippen molar-refractivity contribution in [1.82, 2.24) is 9.88 Å². The van der Waals surface area contributed by atoms with Gasteiger partial charge in [-0.25, -0.2) is 4.98 Å². The van der Waals surface area contributed by atoms with Gasteiger partial charge in [-0.3, -0.25) is 9.69 Å². The SMILES string of the molecule is COC(=O)C1(C)CCCN1Cc1ccc(OCc2nc(-c3ccccc3)oc2C)cc1. The van der Waals surface area contributed by atoms with E-state index < -0.39 is 5.54 Å². The van der Waals surface area contributed by atoms with Crippen LogP contribution in [-0.4, -0.2) is 35.0 Å². The van der Waals surface area contributed by atoms with Crippen LogP contribution in [0.1, 0.15) is 36.8 Å². The van der Waals surface area contributed by atoms with Crippen LogP contribution in [0, 0.1) is 6.92 Å². The maximum Gasteiger partial charge on any atom is 0.326 e. The molecule has 3 aromatic rings. The molecule has 0 amide bonds. The van der Waals surface area contributed by atoms with E-state index in [4.69, 9.17) is 13.9 Å². The van der Waals surface area contributed by atoms with E-state index in [-0.39, 0.29) is 5.97 Å². The molecule has 0 aliphatic carbocycles. The normalized spacial score (nSPS) is 18.8. The largest absolute Gasteiger partial charge is 0.487 e. The molecule has 0 bridgehead atoms. The lowest BCUT2D eigenvalue weighted by atomic mass is 9.98. The van der Waals surface area contributed by atoms with Crippen molar-refractivity contribution in [2.24, 2.45) is 0 Å². The van der Waals surface area contributed by atoms with Crippen LogP contribution in [0.4, 0.5) is 0 Å². The van der Waals surface area contributed by atoms with Crippen LogP contribution >= 0.6 is 0 Å². The fourth-order valence-electron chi connectivity index (χ4n) is 4.05. The summed E-state index contributed by atoms with van der Waals surface area (Å²) in [7, 11) is 1.45. The number of hydrogen-bond acceptors (Lipinski definition) is 6. The fourth-order valence-corrected chi connectivity index (χ4v) is 4.05. The van der Waals surface area contributed by atoms with E-state index in [9.17, 15) is 4.79 Å². The molecular formula is C25H28N2O4. The topological polar surface area (TPSA) is 64.8 Å². The predicted octanol–water partition coefficient (Wildman–Crippen LogP) is 4.76. The number of methoxy groups -OCH3 is 1. The number of benzene rings is 2. The highest BCUT2D eigenvalue weighted by atomic mass is 16.5. The Hall–Kier alpha value is -3.12. The van der Waals surface area contributed by atoms with Crippen LogP contribution in [0.3, 0.4) is 0 Å². The van der Waals surface area contributed by atoms with E-state index in [1.807, 2.05) is 68.4 Å². The zero-order chi connectivity index (χ0) is 21.8. The van der Waals surface area contributed by atoms with Crippen LogP contribution in [0.25, 0.3) is 11.5 Å². The molecule has 1 aromatic heterocycles. The smallest absolute Gasteiger partial charge is 0.326 e. The quantitative estimate of drug-likeness (QED) is 0.514. The Morgan fingerprint density at radius 3 is 2.61 bits per heavy atom. The summed E-state index contributed by atoms with van der Waals surface area (Å²) in [5.74, 6) is 1.96. The molecule has 162 valence electrons. The Kier molecular flexibility index (Phi) is 6.09. The van der Waals surface area contributed by atoms with Gasteiger partial charge in [-0.15, -0.1) is 0 Å². The van der Waals surface area contributed by atoms with Crippen LogP contribution in [0.5, 0.6) is 5.75 Å². The van der Waals surface area contributed by atoms with Gasteiger partial charge in [0.2, 0.25) is 5.89 Å². The van der Waals surface area contributed by atoms with Gasteiger partial charge in [-0.05, 0) is 63.1 Å². The van der Waals surface area contributed by atoms with Crippen molar-refractivity contribution in [3.05, 3.63) is 71.6 Å². The number of carbonyl (C=O) groups is 1. The third kappa shape index (κ3) is 4.49. The van der Waals surface area contributed by atoms with Crippen molar-refractivity contribution in [1.29, 1.82) is 0 Å². The van der Waals surface area contributed by atoms with Crippen molar-refractivity contribution in [2.45, 2.75) is 45.4 Å². The average Bonchev–Trinajstić information content (AvgIpc) is 3.36. The summed E-state index contributed by atoms with van der Waals surface area (Å²) in [5.41, 5.74) is 2.31. The zero-order valence-electron chi connectivity index (χ0n) is 18.3. The lowest BCUT2D eigenvalue weighted by molar-refractivity contribution is -0.152. The lowest BCUT2D eigenvalue weighted by Crippen LogP contribution is -2.48. The minimum atomic E-state index is -0.551. The molecule has 4 rings (SSSR count). The summed E-state index contributed by atoms with van der Waals surface area (Å²) in [4.78, 5) is 19.0. The fraction of sp³-hybridized carbons (Fsp3) is 0.360. The molecule has 31 heavy (non-hydrogen) atoms. The predicted molar refractivity (Wildman–Crippen MR) is 118 cm³/mol. The Labute approximate surface area is 182 Å². The molecule has 1 aliphatic heterocycles. The van der Waals surface area contributed by atoms with Crippen LogP contribution in [0.2, 0.25) is 0 Å². The van der Waals surface area contributed by atoms with Crippen molar-refractivity contribution in [3.63, 3.8) is 0 Å². The average molecular weight is 421 g/mol. The minimum absolute atomic E-state index is 0.164. The van der Waals surface area contributed by atoms with Gasteiger partial charge in [0, 0.05) is 12.1 Å². The summed E-state index contributed by atoms with van der Waals surface area (Å²) in [5, 5.41) is 0. The number of likely N-dealkylation sites (tertiary alicyclic amines) is 1. The highest BCUT2D eigenvalue weighted by molar-refractivity contribution is 5.80. The first-order chi connectivity index (χ1) is 15.0. The van der Waals surface area contributed by atoms with Gasteiger partial charge < -0.3 is 13.9 Å². The van der Waals surface area contributed by atoms with Crippen molar-refractivity contribution in [2.75, 3.05) is 13.7 Å². The number of ether oxygens (including phenoxy) is 2. The van der Waals surface area contributed by atoms with Crippen molar-refractivity contribution in [3.8, 4) is 17.2 Å². The Balaban J connectivity index is 1.37. The van der Waals surface area contributed by atoms with Gasteiger partial charge in [-0.1, -0.05) is 30.3 Å². The van der Waals surface area contributed by atoms with Crippen LogP contribution in [-0.2, 0) is 22.7 Å². The summed E-state index contributed by atoms with van der Waals surface area (Å²) in [6.45, 7) is 5.80. The maximum atomic E-state index is 12.2. The number of esters is 1. The van der Waals surface area contributed by atoms with Crippen LogP contribution < -0.4 is 4.74 Å². The number of nitrogens with zero attached hydrogens (tertiary/aromatic N) is 2. The number of hydrogen-bond donors (Lipinski definition) is 0. The standard InChI is InChI=1S/C25H28N2O4/c1-18-22(26-23(31-18)20-8-5-4-6-9-20)17-30-21-12-10-19(11-13-21)16-27-15-7-14-25(27,2)24(28)29-3/h4-6,8-13H,7,14-17H2,1-3H3. The van der Waals surface area contributed by atoms with E-state index in [0.717, 1.165) is 47.7 Å². The molecule has 2 heterocycles. The first-order valence-corrected chi connectivity index (χ1v) is 10.6. The van der Waals surface area contributed by atoms with E-state index in [2.05, 4.69) is 9.88 Å². The molecule has 2 aromatic carbocycles. The monoisotopic (exact) mass is 420 g/mol. The van der Waals surface area contributed by atoms with Crippen molar-refractivity contribution >= 4 is 5.97 Å². The van der Waals surface area contributed by atoms with Crippen molar-refractivity contribution < 1.29 is 18.7 Å². The second-order valence-electron chi connectivity index (χ2n) is 8.11. The second kappa shape index (κ2) is 8.94. The Bertz CT molecular complexity index is 1030. The molecular weight excluding hydrogens is 392 g/mol. The third-order valence-corrected chi connectivity index (χ3v) is 6.00. The van der Waals surface area contributed by atoms with Gasteiger partial charge >= 0.3 is 5.97 Å². The molecule has 0 radical (unpaired) electrons. The Morgan fingerprint density at radius 1 is 1.16 bits per heavy atom. The van der Waals surface area contributed by atoms with E-state index >= 15 is 0 Å².